The number of nitrogens with zero attached hydrogens (tertiary/aromatic N) is 1. The summed E-state index contributed by atoms with van der Waals surface area (Å²) in [6, 6.07) is 26.6. The van der Waals surface area contributed by atoms with Crippen LogP contribution in [0.5, 0.6) is 5.75 Å². The van der Waals surface area contributed by atoms with E-state index >= 15 is 0 Å². The summed E-state index contributed by atoms with van der Waals surface area (Å²) in [7, 11) is 1.52. The number of amides is 2. The second-order valence-electron chi connectivity index (χ2n) is 9.85. The van der Waals surface area contributed by atoms with Crippen LogP contribution in [0.2, 0.25) is 0 Å². The number of imide groups is 1. The lowest BCUT2D eigenvalue weighted by Gasteiger charge is -2.35. The Morgan fingerprint density at radius 1 is 0.657 bits per heavy atom. The zero-order valence-corrected chi connectivity index (χ0v) is 19.8. The summed E-state index contributed by atoms with van der Waals surface area (Å²) in [5, 5.41) is 0. The summed E-state index contributed by atoms with van der Waals surface area (Å²) < 4.78 is 5.47. The molecule has 174 valence electrons. The van der Waals surface area contributed by atoms with E-state index in [1.807, 2.05) is 74.5 Å². The third kappa shape index (κ3) is 2.50. The third-order valence-corrected chi connectivity index (χ3v) is 8.23. The van der Waals surface area contributed by atoms with Crippen LogP contribution in [0.1, 0.15) is 25.0 Å². The normalized spacial score (nSPS) is 29.2. The first kappa shape index (κ1) is 21.5. The van der Waals surface area contributed by atoms with Crippen LogP contribution in [0.4, 0.5) is 5.69 Å². The summed E-state index contributed by atoms with van der Waals surface area (Å²) in [6.07, 6.45) is 0. The smallest absolute Gasteiger partial charge is 0.239 e. The maximum atomic E-state index is 14.3. The van der Waals surface area contributed by atoms with Gasteiger partial charge < -0.3 is 4.74 Å². The lowest BCUT2D eigenvalue weighted by Crippen LogP contribution is -2.40. The molecule has 0 spiro atoms. The van der Waals surface area contributed by atoms with Gasteiger partial charge in [0.15, 0.2) is 5.78 Å². The third-order valence-electron chi connectivity index (χ3n) is 8.23. The van der Waals surface area contributed by atoms with E-state index in [1.165, 1.54) is 12.0 Å². The largest absolute Gasteiger partial charge is 0.495 e. The Kier molecular flexibility index (Phi) is 4.46. The molecule has 35 heavy (non-hydrogen) atoms. The van der Waals surface area contributed by atoms with Gasteiger partial charge in [-0.3, -0.25) is 14.4 Å². The van der Waals surface area contributed by atoms with E-state index in [0.29, 0.717) is 11.4 Å². The quantitative estimate of drug-likeness (QED) is 0.510. The zero-order chi connectivity index (χ0) is 24.5. The molecule has 0 unspecified atom stereocenters. The van der Waals surface area contributed by atoms with E-state index in [2.05, 4.69) is 0 Å². The molecule has 0 aromatic heterocycles. The van der Waals surface area contributed by atoms with Crippen LogP contribution in [0, 0.1) is 22.7 Å². The van der Waals surface area contributed by atoms with E-state index < -0.39 is 22.7 Å². The maximum absolute atomic E-state index is 14.3. The number of ketones is 1. The topological polar surface area (TPSA) is 63.7 Å². The van der Waals surface area contributed by atoms with Gasteiger partial charge in [0, 0.05) is 0 Å². The van der Waals surface area contributed by atoms with Crippen molar-refractivity contribution in [3.63, 3.8) is 0 Å². The highest BCUT2D eigenvalue weighted by molar-refractivity contribution is 6.34. The minimum atomic E-state index is -1.13. The Hall–Kier alpha value is -3.99. The highest BCUT2D eigenvalue weighted by atomic mass is 16.5. The molecule has 1 saturated heterocycles. The minimum absolute atomic E-state index is 0.0564. The molecule has 3 aliphatic rings. The minimum Gasteiger partial charge on any atom is -0.495 e. The number of allylic oxidation sites excluding steroid dienone is 2. The zero-order valence-electron chi connectivity index (χ0n) is 19.8. The fourth-order valence-corrected chi connectivity index (χ4v) is 6.86. The molecule has 1 heterocycles. The monoisotopic (exact) mass is 463 g/mol. The van der Waals surface area contributed by atoms with Crippen molar-refractivity contribution < 1.29 is 19.1 Å². The standard InChI is InChI=1S/C30H25NO4/c1-29-22(18-12-6-4-7-13-18)23(19-14-8-5-9-15-19)30(2,28(29)34)25-24(29)26(32)31(27(25)33)20-16-10-11-17-21(20)35-3/h4-17,24-25H,1-3H3/t24-,25+,29-,30-/m0/s1. The average Bonchev–Trinajstić information content (AvgIpc) is 3.34. The van der Waals surface area contributed by atoms with Crippen LogP contribution in [0.3, 0.4) is 0 Å². The first-order chi connectivity index (χ1) is 16.9. The van der Waals surface area contributed by atoms with Crippen molar-refractivity contribution in [3.05, 3.63) is 96.1 Å². The molecule has 5 nitrogen and oxygen atoms in total. The lowest BCUT2D eigenvalue weighted by molar-refractivity contribution is -0.133. The van der Waals surface area contributed by atoms with Crippen molar-refractivity contribution in [2.45, 2.75) is 13.8 Å². The number of benzene rings is 3. The molecular formula is C30H25NO4. The fraction of sp³-hybridized carbons (Fsp3) is 0.233. The van der Waals surface area contributed by atoms with E-state index in [9.17, 15) is 14.4 Å². The highest BCUT2D eigenvalue weighted by Crippen LogP contribution is 2.73. The highest BCUT2D eigenvalue weighted by Gasteiger charge is 2.79. The van der Waals surface area contributed by atoms with Crippen molar-refractivity contribution in [3.8, 4) is 5.75 Å². The van der Waals surface area contributed by atoms with Crippen molar-refractivity contribution in [2.24, 2.45) is 22.7 Å². The summed E-state index contributed by atoms with van der Waals surface area (Å²) in [5.74, 6) is -1.85. The Morgan fingerprint density at radius 3 is 1.54 bits per heavy atom. The number of para-hydroxylation sites is 2. The van der Waals surface area contributed by atoms with Crippen molar-refractivity contribution >= 4 is 34.4 Å². The van der Waals surface area contributed by atoms with Crippen LogP contribution in [0.25, 0.3) is 11.1 Å². The molecular weight excluding hydrogens is 438 g/mol. The average molecular weight is 464 g/mol. The number of hydrogen-bond acceptors (Lipinski definition) is 4. The molecule has 2 amide bonds. The molecule has 4 atom stereocenters. The van der Waals surface area contributed by atoms with Crippen molar-refractivity contribution in [2.75, 3.05) is 12.0 Å². The molecule has 2 aliphatic carbocycles. The number of fused-ring (bicyclic) bond motifs is 5. The van der Waals surface area contributed by atoms with Crippen molar-refractivity contribution in [1.82, 2.24) is 0 Å². The number of hydrogen-bond donors (Lipinski definition) is 0. The van der Waals surface area contributed by atoms with E-state index in [1.54, 1.807) is 24.3 Å². The number of ether oxygens (including phenoxy) is 1. The predicted molar refractivity (Wildman–Crippen MR) is 133 cm³/mol. The predicted octanol–water partition coefficient (Wildman–Crippen LogP) is 5.02. The van der Waals surface area contributed by atoms with Gasteiger partial charge in [0.05, 0.1) is 35.5 Å². The van der Waals surface area contributed by atoms with Crippen LogP contribution in [0.15, 0.2) is 84.9 Å². The summed E-state index contributed by atoms with van der Waals surface area (Å²) >= 11 is 0. The second-order valence-corrected chi connectivity index (χ2v) is 9.85. The Bertz CT molecular complexity index is 1340. The number of Topliss-reactive ketones (excluding diaryl/α,β-unsaturated/α-hetero) is 1. The molecule has 2 bridgehead atoms. The van der Waals surface area contributed by atoms with Gasteiger partial charge >= 0.3 is 0 Å². The van der Waals surface area contributed by atoms with Crippen molar-refractivity contribution in [1.29, 1.82) is 0 Å². The Balaban J connectivity index is 1.62. The number of anilines is 1. The van der Waals surface area contributed by atoms with Gasteiger partial charge in [0.25, 0.3) is 0 Å². The maximum Gasteiger partial charge on any atom is 0.239 e. The number of rotatable bonds is 4. The molecule has 3 aromatic carbocycles. The SMILES string of the molecule is COc1ccccc1N1C(=O)[C@@H]2[C@H](C1=O)[C@@]1(C)C(=O)[C@@]2(C)C(c2ccccc2)=C1c1ccccc1. The van der Waals surface area contributed by atoms with E-state index in [-0.39, 0.29) is 17.6 Å². The number of methoxy groups -OCH3 is 1. The Morgan fingerprint density at radius 2 is 1.09 bits per heavy atom. The van der Waals surface area contributed by atoms with Gasteiger partial charge in [-0.15, -0.1) is 0 Å². The van der Waals surface area contributed by atoms with Gasteiger partial charge in [-0.2, -0.15) is 0 Å². The molecule has 5 heteroatoms. The van der Waals surface area contributed by atoms with Gasteiger partial charge in [-0.25, -0.2) is 4.90 Å². The lowest BCUT2D eigenvalue weighted by atomic mass is 9.63. The molecule has 0 N–H and O–H groups in total. The first-order valence-electron chi connectivity index (χ1n) is 11.8. The second kappa shape index (κ2) is 7.25. The van der Waals surface area contributed by atoms with Crippen LogP contribution >= 0.6 is 0 Å². The Labute approximate surface area is 204 Å². The van der Waals surface area contributed by atoms with Crippen LogP contribution in [-0.4, -0.2) is 24.7 Å². The molecule has 1 aliphatic heterocycles. The molecule has 2 fully saturated rings. The summed E-state index contributed by atoms with van der Waals surface area (Å²) in [6.45, 7) is 3.71. The van der Waals surface area contributed by atoms with Crippen LogP contribution in [-0.2, 0) is 14.4 Å². The first-order valence-corrected chi connectivity index (χ1v) is 11.8. The van der Waals surface area contributed by atoms with E-state index in [0.717, 1.165) is 22.3 Å². The van der Waals surface area contributed by atoms with Gasteiger partial charge in [0.1, 0.15) is 5.75 Å². The molecule has 6 rings (SSSR count). The summed E-state index contributed by atoms with van der Waals surface area (Å²) in [5.41, 5.74) is 1.66. The van der Waals surface area contributed by atoms with Crippen LogP contribution < -0.4 is 9.64 Å². The van der Waals surface area contributed by atoms with Gasteiger partial charge in [-0.05, 0) is 48.3 Å². The number of carbonyl (C=O) groups is 3. The molecule has 3 aromatic rings. The summed E-state index contributed by atoms with van der Waals surface area (Å²) in [4.78, 5) is 43.6. The van der Waals surface area contributed by atoms with E-state index in [4.69, 9.17) is 4.74 Å². The molecule has 1 saturated carbocycles. The fourth-order valence-electron chi connectivity index (χ4n) is 6.86. The van der Waals surface area contributed by atoms with Gasteiger partial charge in [0.2, 0.25) is 11.8 Å². The molecule has 0 radical (unpaired) electrons. The number of carbonyl (C=O) groups excluding carboxylic acids is 3. The van der Waals surface area contributed by atoms with Gasteiger partial charge in [-0.1, -0.05) is 72.8 Å².